The van der Waals surface area contributed by atoms with Crippen LogP contribution in [0.15, 0.2) is 42.6 Å². The molecule has 2 aromatic rings. The van der Waals surface area contributed by atoms with Gasteiger partial charge in [0.2, 0.25) is 5.91 Å². The van der Waals surface area contributed by atoms with Gasteiger partial charge < -0.3 is 20.3 Å². The number of ether oxygens (including phenoxy) is 1. The number of allylic oxidation sites excluding steroid dienone is 1. The van der Waals surface area contributed by atoms with Gasteiger partial charge in [0.1, 0.15) is 11.4 Å². The summed E-state index contributed by atoms with van der Waals surface area (Å²) in [5, 5.41) is 14.8. The number of hydrogen-bond acceptors (Lipinski definition) is 6. The molecule has 188 valence electrons. The standard InChI is InChI=1S/C26H28ClN5O4/c1-26(2,3)36-25(35)32-13-10-18(11-14-32)23(33)30-21-8-6-17(5-4-12-28)15-20(21)24(34)31-22-9-7-19(27)16-29-22/h4-9,15-16,18H,10-11,13-14H2,1-3H3,(H,30,33)(H,29,31,34)/b5-4-. The minimum atomic E-state index is -0.585. The van der Waals surface area contributed by atoms with Crippen LogP contribution in [0.1, 0.15) is 49.5 Å². The predicted octanol–water partition coefficient (Wildman–Crippen LogP) is 5.11. The van der Waals surface area contributed by atoms with Gasteiger partial charge in [0.15, 0.2) is 0 Å². The van der Waals surface area contributed by atoms with Gasteiger partial charge in [0, 0.05) is 31.3 Å². The van der Waals surface area contributed by atoms with Crippen molar-refractivity contribution in [2.75, 3.05) is 23.7 Å². The molecule has 1 aromatic carbocycles. The number of anilines is 2. The molecule has 36 heavy (non-hydrogen) atoms. The maximum absolute atomic E-state index is 13.1. The summed E-state index contributed by atoms with van der Waals surface area (Å²) in [7, 11) is 0. The SMILES string of the molecule is CC(C)(C)OC(=O)N1CCC(C(=O)Nc2ccc(/C=C\C#N)cc2C(=O)Nc2ccc(Cl)cn2)CC1. The first-order valence-corrected chi connectivity index (χ1v) is 11.9. The first-order chi connectivity index (χ1) is 17.1. The topological polar surface area (TPSA) is 124 Å². The number of rotatable bonds is 5. The highest BCUT2D eigenvalue weighted by Crippen LogP contribution is 2.25. The number of nitrogens with zero attached hydrogens (tertiary/aromatic N) is 3. The van der Waals surface area contributed by atoms with Crippen molar-refractivity contribution in [3.63, 3.8) is 0 Å². The molecule has 1 aromatic heterocycles. The summed E-state index contributed by atoms with van der Waals surface area (Å²) in [6.45, 7) is 6.23. The van der Waals surface area contributed by atoms with Crippen LogP contribution in [0.4, 0.5) is 16.3 Å². The van der Waals surface area contributed by atoms with Crippen molar-refractivity contribution in [1.82, 2.24) is 9.88 Å². The molecule has 3 amide bonds. The molecule has 0 unspecified atom stereocenters. The normalized spacial score (nSPS) is 14.2. The summed E-state index contributed by atoms with van der Waals surface area (Å²) in [5.74, 6) is -0.741. The van der Waals surface area contributed by atoms with Crippen LogP contribution in [-0.2, 0) is 9.53 Å². The fourth-order valence-corrected chi connectivity index (χ4v) is 3.73. The second-order valence-electron chi connectivity index (χ2n) is 9.31. The van der Waals surface area contributed by atoms with E-state index in [1.807, 2.05) is 26.8 Å². The molecule has 3 rings (SSSR count). The van der Waals surface area contributed by atoms with E-state index >= 15 is 0 Å². The van der Waals surface area contributed by atoms with Crippen LogP contribution >= 0.6 is 11.6 Å². The third-order valence-electron chi connectivity index (χ3n) is 5.38. The van der Waals surface area contributed by atoms with Crippen molar-refractivity contribution in [2.45, 2.75) is 39.2 Å². The van der Waals surface area contributed by atoms with Gasteiger partial charge in [-0.1, -0.05) is 17.7 Å². The second kappa shape index (κ2) is 11.7. The Morgan fingerprint density at radius 1 is 1.17 bits per heavy atom. The van der Waals surface area contributed by atoms with E-state index < -0.39 is 17.6 Å². The van der Waals surface area contributed by atoms with Crippen LogP contribution in [0.5, 0.6) is 0 Å². The minimum absolute atomic E-state index is 0.214. The van der Waals surface area contributed by atoms with Crippen molar-refractivity contribution >= 4 is 47.1 Å². The van der Waals surface area contributed by atoms with Crippen LogP contribution in [0.25, 0.3) is 6.08 Å². The van der Waals surface area contributed by atoms with Crippen molar-refractivity contribution < 1.29 is 19.1 Å². The highest BCUT2D eigenvalue weighted by atomic mass is 35.5. The van der Waals surface area contributed by atoms with Crippen molar-refractivity contribution in [2.24, 2.45) is 5.92 Å². The first kappa shape index (κ1) is 26.7. The number of pyridine rings is 1. The number of carbonyl (C=O) groups excluding carboxylic acids is 3. The molecule has 1 fully saturated rings. The number of hydrogen-bond donors (Lipinski definition) is 2. The third-order valence-corrected chi connectivity index (χ3v) is 5.61. The van der Waals surface area contributed by atoms with Crippen LogP contribution in [0, 0.1) is 17.2 Å². The summed E-state index contributed by atoms with van der Waals surface area (Å²) < 4.78 is 5.41. The number of aromatic nitrogens is 1. The molecular weight excluding hydrogens is 482 g/mol. The fourth-order valence-electron chi connectivity index (χ4n) is 3.61. The third kappa shape index (κ3) is 7.55. The summed E-state index contributed by atoms with van der Waals surface area (Å²) in [4.78, 5) is 44.1. The zero-order valence-electron chi connectivity index (χ0n) is 20.4. The van der Waals surface area contributed by atoms with E-state index in [4.69, 9.17) is 21.6 Å². The van der Waals surface area contributed by atoms with E-state index in [2.05, 4.69) is 15.6 Å². The Kier molecular flexibility index (Phi) is 8.67. The quantitative estimate of drug-likeness (QED) is 0.539. The molecule has 9 nitrogen and oxygen atoms in total. The number of likely N-dealkylation sites (tertiary alicyclic amines) is 1. The zero-order valence-corrected chi connectivity index (χ0v) is 21.1. The Hall–Kier alpha value is -3.90. The first-order valence-electron chi connectivity index (χ1n) is 11.5. The monoisotopic (exact) mass is 509 g/mol. The summed E-state index contributed by atoms with van der Waals surface area (Å²) in [6, 6.07) is 9.98. The lowest BCUT2D eigenvalue weighted by molar-refractivity contribution is -0.121. The van der Waals surface area contributed by atoms with E-state index in [9.17, 15) is 14.4 Å². The number of halogens is 1. The molecule has 1 aliphatic rings. The molecule has 2 N–H and O–H groups in total. The average Bonchev–Trinajstić information content (AvgIpc) is 2.83. The Morgan fingerprint density at radius 2 is 1.89 bits per heavy atom. The molecule has 10 heteroatoms. The summed E-state index contributed by atoms with van der Waals surface area (Å²) >= 11 is 5.86. The van der Waals surface area contributed by atoms with Crippen LogP contribution in [0.2, 0.25) is 5.02 Å². The zero-order chi connectivity index (χ0) is 26.3. The Labute approximate surface area is 215 Å². The molecule has 0 aliphatic carbocycles. The lowest BCUT2D eigenvalue weighted by Gasteiger charge is -2.33. The molecule has 1 saturated heterocycles. The van der Waals surface area contributed by atoms with Crippen LogP contribution < -0.4 is 10.6 Å². The molecule has 0 bridgehead atoms. The van der Waals surface area contributed by atoms with Gasteiger partial charge in [-0.15, -0.1) is 0 Å². The fraction of sp³-hybridized carbons (Fsp3) is 0.346. The highest BCUT2D eigenvalue weighted by molar-refractivity contribution is 6.30. The second-order valence-corrected chi connectivity index (χ2v) is 9.75. The smallest absolute Gasteiger partial charge is 0.410 e. The molecule has 1 aliphatic heterocycles. The summed E-state index contributed by atoms with van der Waals surface area (Å²) in [6.07, 6.45) is 4.84. The highest BCUT2D eigenvalue weighted by Gasteiger charge is 2.30. The van der Waals surface area contributed by atoms with Crippen molar-refractivity contribution in [1.29, 1.82) is 5.26 Å². The van der Waals surface area contributed by atoms with Gasteiger partial charge in [-0.25, -0.2) is 9.78 Å². The number of benzene rings is 1. The van der Waals surface area contributed by atoms with Gasteiger partial charge in [0.05, 0.1) is 22.3 Å². The average molecular weight is 510 g/mol. The molecule has 0 atom stereocenters. The number of nitriles is 1. The summed E-state index contributed by atoms with van der Waals surface area (Å²) in [5.41, 5.74) is 0.578. The molecule has 0 saturated carbocycles. The minimum Gasteiger partial charge on any atom is -0.444 e. The van der Waals surface area contributed by atoms with Gasteiger partial charge in [-0.2, -0.15) is 5.26 Å². The number of nitrogens with one attached hydrogen (secondary N) is 2. The molecule has 0 spiro atoms. The van der Waals surface area contributed by atoms with Gasteiger partial charge in [-0.3, -0.25) is 9.59 Å². The molecular formula is C26H28ClN5O4. The van der Waals surface area contributed by atoms with Crippen molar-refractivity contribution in [3.8, 4) is 6.07 Å². The van der Waals surface area contributed by atoms with Gasteiger partial charge >= 0.3 is 6.09 Å². The number of carbonyl (C=O) groups is 3. The lowest BCUT2D eigenvalue weighted by Crippen LogP contribution is -2.43. The Bertz CT molecular complexity index is 1190. The number of piperidine rings is 1. The van der Waals surface area contributed by atoms with Gasteiger partial charge in [0.25, 0.3) is 5.91 Å². The van der Waals surface area contributed by atoms with Crippen LogP contribution in [0.3, 0.4) is 0 Å². The predicted molar refractivity (Wildman–Crippen MR) is 137 cm³/mol. The Balaban J connectivity index is 1.72. The Morgan fingerprint density at radius 3 is 2.50 bits per heavy atom. The van der Waals surface area contributed by atoms with Crippen LogP contribution in [-0.4, -0.2) is 46.5 Å². The van der Waals surface area contributed by atoms with E-state index in [1.54, 1.807) is 41.3 Å². The maximum Gasteiger partial charge on any atom is 0.410 e. The lowest BCUT2D eigenvalue weighted by atomic mass is 9.95. The maximum atomic E-state index is 13.1. The van der Waals surface area contributed by atoms with E-state index in [1.165, 1.54) is 12.3 Å². The van der Waals surface area contributed by atoms with E-state index in [0.717, 1.165) is 0 Å². The van der Waals surface area contributed by atoms with Crippen molar-refractivity contribution in [3.05, 3.63) is 58.8 Å². The van der Waals surface area contributed by atoms with E-state index in [-0.39, 0.29) is 17.4 Å². The molecule has 0 radical (unpaired) electrons. The molecule has 2 heterocycles. The number of amides is 3. The van der Waals surface area contributed by atoms with E-state index in [0.29, 0.717) is 48.0 Å². The van der Waals surface area contributed by atoms with Gasteiger partial charge in [-0.05, 0) is 69.5 Å². The largest absolute Gasteiger partial charge is 0.444 e.